The smallest absolute Gasteiger partial charge is 0.0907 e. The molecule has 0 aliphatic rings. The summed E-state index contributed by atoms with van der Waals surface area (Å²) in [6.07, 6.45) is 0. The number of aryl methyl sites for hydroxylation is 1. The van der Waals surface area contributed by atoms with Crippen LogP contribution in [0.5, 0.6) is 0 Å². The molecule has 1 aromatic heterocycles. The molecule has 3 nitrogen and oxygen atoms in total. The van der Waals surface area contributed by atoms with Crippen molar-refractivity contribution in [3.8, 4) is 0 Å². The molecule has 0 fully saturated rings. The summed E-state index contributed by atoms with van der Waals surface area (Å²) in [6, 6.07) is 11.9. The second-order valence-electron chi connectivity index (χ2n) is 4.27. The van der Waals surface area contributed by atoms with Gasteiger partial charge in [-0.3, -0.25) is 0 Å². The summed E-state index contributed by atoms with van der Waals surface area (Å²) in [5.74, 6) is 0. The van der Waals surface area contributed by atoms with Crippen molar-refractivity contribution in [2.45, 2.75) is 6.92 Å². The molecule has 0 saturated carbocycles. The highest BCUT2D eigenvalue weighted by Gasteiger charge is 2.06. The van der Waals surface area contributed by atoms with Gasteiger partial charge in [0.25, 0.3) is 0 Å². The molecule has 0 bridgehead atoms. The molecule has 96 valence electrons. The van der Waals surface area contributed by atoms with E-state index < -0.39 is 0 Å². The van der Waals surface area contributed by atoms with Crippen LogP contribution in [0.2, 0.25) is 0 Å². The van der Waals surface area contributed by atoms with Crippen molar-refractivity contribution >= 4 is 54.5 Å². The van der Waals surface area contributed by atoms with Crippen LogP contribution in [0.3, 0.4) is 0 Å². The Morgan fingerprint density at radius 1 is 1.21 bits per heavy atom. The number of thiazole rings is 1. The molecule has 0 amide bonds. The minimum Gasteiger partial charge on any atom is -0.397 e. The zero-order valence-corrected chi connectivity index (χ0v) is 12.7. The van der Waals surface area contributed by atoms with Gasteiger partial charge in [0.15, 0.2) is 0 Å². The first-order valence-corrected chi connectivity index (χ1v) is 7.42. The lowest BCUT2D eigenvalue weighted by Gasteiger charge is -2.09. The van der Waals surface area contributed by atoms with Gasteiger partial charge in [0, 0.05) is 10.2 Å². The maximum atomic E-state index is 6.08. The van der Waals surface area contributed by atoms with E-state index in [2.05, 4.69) is 26.2 Å². The highest BCUT2D eigenvalue weighted by atomic mass is 79.9. The van der Waals surface area contributed by atoms with Gasteiger partial charge >= 0.3 is 0 Å². The Balaban J connectivity index is 1.99. The zero-order valence-electron chi connectivity index (χ0n) is 10.3. The minimum atomic E-state index is 0.735. The zero-order chi connectivity index (χ0) is 13.4. The van der Waals surface area contributed by atoms with Gasteiger partial charge in [-0.1, -0.05) is 15.9 Å². The Morgan fingerprint density at radius 3 is 2.68 bits per heavy atom. The third kappa shape index (κ3) is 2.57. The molecule has 3 N–H and O–H groups in total. The van der Waals surface area contributed by atoms with Crippen molar-refractivity contribution < 1.29 is 0 Å². The van der Waals surface area contributed by atoms with Gasteiger partial charge in [0.05, 0.1) is 26.6 Å². The van der Waals surface area contributed by atoms with E-state index in [-0.39, 0.29) is 0 Å². The molecular weight excluding hydrogens is 322 g/mol. The van der Waals surface area contributed by atoms with Crippen LogP contribution >= 0.6 is 27.3 Å². The van der Waals surface area contributed by atoms with Gasteiger partial charge in [0.1, 0.15) is 0 Å². The molecule has 5 heteroatoms. The first kappa shape index (κ1) is 12.4. The van der Waals surface area contributed by atoms with E-state index in [1.54, 1.807) is 11.3 Å². The number of fused-ring (bicyclic) bond motifs is 1. The average Bonchev–Trinajstić information content (AvgIpc) is 2.72. The lowest BCUT2D eigenvalue weighted by Crippen LogP contribution is -1.96. The lowest BCUT2D eigenvalue weighted by molar-refractivity contribution is 1.35. The molecule has 0 saturated heterocycles. The quantitative estimate of drug-likeness (QED) is 0.668. The average molecular weight is 334 g/mol. The van der Waals surface area contributed by atoms with Crippen molar-refractivity contribution in [1.29, 1.82) is 0 Å². The molecule has 0 spiro atoms. The van der Waals surface area contributed by atoms with Crippen molar-refractivity contribution in [2.75, 3.05) is 11.1 Å². The Labute approximate surface area is 123 Å². The van der Waals surface area contributed by atoms with Crippen LogP contribution in [-0.2, 0) is 0 Å². The van der Waals surface area contributed by atoms with E-state index in [0.717, 1.165) is 36.8 Å². The van der Waals surface area contributed by atoms with Gasteiger partial charge in [-0.15, -0.1) is 11.3 Å². The van der Waals surface area contributed by atoms with Gasteiger partial charge < -0.3 is 11.1 Å². The van der Waals surface area contributed by atoms with E-state index in [9.17, 15) is 0 Å². The summed E-state index contributed by atoms with van der Waals surface area (Å²) in [5.41, 5.74) is 9.69. The molecule has 0 aliphatic carbocycles. The van der Waals surface area contributed by atoms with Gasteiger partial charge in [-0.05, 0) is 43.3 Å². The number of rotatable bonds is 2. The first-order chi connectivity index (χ1) is 9.11. The molecule has 3 rings (SSSR count). The standard InChI is InChI=1S/C14H12BrN3S/c1-8-17-13-7-12(11(16)6-14(13)19-8)18-10-4-2-9(15)3-5-10/h2-7,18H,16H2,1H3. The van der Waals surface area contributed by atoms with E-state index in [0.29, 0.717) is 0 Å². The van der Waals surface area contributed by atoms with Crippen molar-refractivity contribution in [3.05, 3.63) is 45.9 Å². The lowest BCUT2D eigenvalue weighted by atomic mass is 10.2. The number of hydrogen-bond donors (Lipinski definition) is 2. The number of benzene rings is 2. The molecule has 0 radical (unpaired) electrons. The molecule has 3 aromatic rings. The number of nitrogen functional groups attached to an aromatic ring is 1. The van der Waals surface area contributed by atoms with Crippen molar-refractivity contribution in [2.24, 2.45) is 0 Å². The SMILES string of the molecule is Cc1nc2cc(Nc3ccc(Br)cc3)c(N)cc2s1. The predicted molar refractivity (Wildman–Crippen MR) is 86.2 cm³/mol. The minimum absolute atomic E-state index is 0.735. The number of hydrogen-bond acceptors (Lipinski definition) is 4. The number of nitrogens with zero attached hydrogens (tertiary/aromatic N) is 1. The highest BCUT2D eigenvalue weighted by molar-refractivity contribution is 9.10. The predicted octanol–water partition coefficient (Wildman–Crippen LogP) is 4.69. The number of nitrogens with one attached hydrogen (secondary N) is 1. The van der Waals surface area contributed by atoms with E-state index >= 15 is 0 Å². The van der Waals surface area contributed by atoms with Gasteiger partial charge in [0.2, 0.25) is 0 Å². The van der Waals surface area contributed by atoms with Crippen LogP contribution in [0, 0.1) is 6.92 Å². The summed E-state index contributed by atoms with van der Waals surface area (Å²) >= 11 is 5.08. The largest absolute Gasteiger partial charge is 0.397 e. The summed E-state index contributed by atoms with van der Waals surface area (Å²) in [4.78, 5) is 4.49. The molecule has 1 heterocycles. The van der Waals surface area contributed by atoms with Crippen LogP contribution in [-0.4, -0.2) is 4.98 Å². The first-order valence-electron chi connectivity index (χ1n) is 5.81. The fourth-order valence-electron chi connectivity index (χ4n) is 1.90. The van der Waals surface area contributed by atoms with E-state index in [1.807, 2.05) is 43.3 Å². The molecular formula is C14H12BrN3S. The molecule has 19 heavy (non-hydrogen) atoms. The second kappa shape index (κ2) is 4.83. The molecule has 0 unspecified atom stereocenters. The number of halogens is 1. The van der Waals surface area contributed by atoms with Crippen LogP contribution in [0.15, 0.2) is 40.9 Å². The Kier molecular flexibility index (Phi) is 3.16. The van der Waals surface area contributed by atoms with Crippen molar-refractivity contribution in [3.63, 3.8) is 0 Å². The Bertz CT molecular complexity index is 734. The fourth-order valence-corrected chi connectivity index (χ4v) is 3.02. The molecule has 2 aromatic carbocycles. The van der Waals surface area contributed by atoms with Crippen LogP contribution < -0.4 is 11.1 Å². The van der Waals surface area contributed by atoms with Crippen molar-refractivity contribution in [1.82, 2.24) is 4.98 Å². The summed E-state index contributed by atoms with van der Waals surface area (Å²) < 4.78 is 2.17. The number of aromatic nitrogens is 1. The maximum absolute atomic E-state index is 6.08. The van der Waals surface area contributed by atoms with Gasteiger partial charge in [-0.25, -0.2) is 4.98 Å². The van der Waals surface area contributed by atoms with E-state index in [1.165, 1.54) is 0 Å². The summed E-state index contributed by atoms with van der Waals surface area (Å²) in [6.45, 7) is 2.00. The monoisotopic (exact) mass is 333 g/mol. The normalized spacial score (nSPS) is 10.8. The number of anilines is 3. The van der Waals surface area contributed by atoms with E-state index in [4.69, 9.17) is 5.73 Å². The summed E-state index contributed by atoms with van der Waals surface area (Å²) in [7, 11) is 0. The third-order valence-electron chi connectivity index (χ3n) is 2.79. The molecule has 0 atom stereocenters. The Morgan fingerprint density at radius 2 is 1.95 bits per heavy atom. The second-order valence-corrected chi connectivity index (χ2v) is 6.42. The van der Waals surface area contributed by atoms with Crippen LogP contribution in [0.25, 0.3) is 10.2 Å². The topological polar surface area (TPSA) is 50.9 Å². The van der Waals surface area contributed by atoms with Crippen LogP contribution in [0.4, 0.5) is 17.1 Å². The number of nitrogens with two attached hydrogens (primary N) is 1. The third-order valence-corrected chi connectivity index (χ3v) is 4.25. The highest BCUT2D eigenvalue weighted by Crippen LogP contribution is 2.31. The maximum Gasteiger partial charge on any atom is 0.0907 e. The summed E-state index contributed by atoms with van der Waals surface area (Å²) in [5, 5.41) is 4.37. The molecule has 0 aliphatic heterocycles. The van der Waals surface area contributed by atoms with Crippen LogP contribution in [0.1, 0.15) is 5.01 Å². The Hall–Kier alpha value is -1.59. The fraction of sp³-hybridized carbons (Fsp3) is 0.0714. The van der Waals surface area contributed by atoms with Gasteiger partial charge in [-0.2, -0.15) is 0 Å².